The Morgan fingerprint density at radius 1 is 1.45 bits per heavy atom. The number of carbonyl (C=O) groups is 2. The van der Waals surface area contributed by atoms with Crippen LogP contribution < -0.4 is 0 Å². The van der Waals surface area contributed by atoms with Gasteiger partial charge >= 0.3 is 5.97 Å². The number of phenols is 1. The zero-order valence-corrected chi connectivity index (χ0v) is 11.5. The molecule has 5 nitrogen and oxygen atoms in total. The first-order valence-corrected chi connectivity index (χ1v) is 6.59. The highest BCUT2D eigenvalue weighted by molar-refractivity contribution is 8.26. The van der Waals surface area contributed by atoms with Crippen molar-refractivity contribution in [2.45, 2.75) is 0 Å². The van der Waals surface area contributed by atoms with Crippen molar-refractivity contribution in [3.8, 4) is 5.75 Å². The number of carbonyl (C=O) groups excluding carboxylic acids is 2. The summed E-state index contributed by atoms with van der Waals surface area (Å²) in [6.45, 7) is -0.561. The number of halogens is 1. The van der Waals surface area contributed by atoms with E-state index in [-0.39, 0.29) is 10.1 Å². The van der Waals surface area contributed by atoms with E-state index in [1.165, 1.54) is 12.1 Å². The SMILES string of the molecule is O=C(CN1C(=O)/C(=C/c2ccc(O)cc2)SC1=S)OF. The number of aromatic hydroxyl groups is 1. The fraction of sp³-hybridized carbons (Fsp3) is 0.0833. The number of amides is 1. The standard InChI is InChI=1S/C12H8FNO4S2/c13-18-10(16)6-14-11(17)9(20-12(14)19)5-7-1-3-8(15)4-2-7/h1-5,15H,6H2/b9-5-. The molecule has 20 heavy (non-hydrogen) atoms. The van der Waals surface area contributed by atoms with E-state index in [9.17, 15) is 19.2 Å². The van der Waals surface area contributed by atoms with Gasteiger partial charge in [-0.3, -0.25) is 14.6 Å². The zero-order chi connectivity index (χ0) is 14.7. The molecule has 1 heterocycles. The Hall–Kier alpha value is -1.93. The van der Waals surface area contributed by atoms with Crippen molar-refractivity contribution < 1.29 is 24.2 Å². The largest absolute Gasteiger partial charge is 0.508 e. The molecule has 104 valence electrons. The van der Waals surface area contributed by atoms with Crippen molar-refractivity contribution in [3.05, 3.63) is 34.7 Å². The minimum atomic E-state index is -1.19. The van der Waals surface area contributed by atoms with Crippen LogP contribution in [0.25, 0.3) is 6.08 Å². The van der Waals surface area contributed by atoms with E-state index in [0.717, 1.165) is 16.7 Å². The molecule has 1 saturated heterocycles. The topological polar surface area (TPSA) is 66.8 Å². The molecule has 1 aromatic rings. The van der Waals surface area contributed by atoms with Crippen LogP contribution in [0.2, 0.25) is 0 Å². The first kappa shape index (κ1) is 14.5. The maximum absolute atomic E-state index is 12.0. The average Bonchev–Trinajstić information content (AvgIpc) is 2.69. The predicted octanol–water partition coefficient (Wildman–Crippen LogP) is 2.02. The van der Waals surface area contributed by atoms with E-state index in [1.54, 1.807) is 18.2 Å². The number of nitrogens with zero attached hydrogens (tertiary/aromatic N) is 1. The van der Waals surface area contributed by atoms with Gasteiger partial charge in [-0.15, -0.1) is 0 Å². The van der Waals surface area contributed by atoms with Gasteiger partial charge < -0.3 is 5.11 Å². The quantitative estimate of drug-likeness (QED) is 0.680. The van der Waals surface area contributed by atoms with Crippen LogP contribution in [-0.4, -0.2) is 32.7 Å². The van der Waals surface area contributed by atoms with Gasteiger partial charge in [0.25, 0.3) is 5.91 Å². The molecule has 1 aliphatic rings. The third-order valence-electron chi connectivity index (χ3n) is 2.44. The molecule has 0 radical (unpaired) electrons. The summed E-state index contributed by atoms with van der Waals surface area (Å²) in [5.74, 6) is -1.56. The molecule has 1 aromatic carbocycles. The van der Waals surface area contributed by atoms with Crippen molar-refractivity contribution in [2.75, 3.05) is 6.54 Å². The molecule has 0 unspecified atom stereocenters. The fourth-order valence-electron chi connectivity index (χ4n) is 1.51. The second kappa shape index (κ2) is 6.02. The highest BCUT2D eigenvalue weighted by Crippen LogP contribution is 2.32. The van der Waals surface area contributed by atoms with Gasteiger partial charge in [0.15, 0.2) is 0 Å². The molecule has 1 aliphatic heterocycles. The molecule has 2 rings (SSSR count). The fourth-order valence-corrected chi connectivity index (χ4v) is 2.77. The van der Waals surface area contributed by atoms with E-state index in [0.29, 0.717) is 10.5 Å². The Morgan fingerprint density at radius 3 is 2.70 bits per heavy atom. The summed E-state index contributed by atoms with van der Waals surface area (Å²) in [4.78, 5) is 27.2. The lowest BCUT2D eigenvalue weighted by Gasteiger charge is -2.10. The lowest BCUT2D eigenvalue weighted by atomic mass is 10.2. The first-order valence-electron chi connectivity index (χ1n) is 5.37. The van der Waals surface area contributed by atoms with Crippen LogP contribution in [0.3, 0.4) is 0 Å². The Bertz CT molecular complexity index is 600. The number of hydrogen-bond donors (Lipinski definition) is 1. The number of benzene rings is 1. The predicted molar refractivity (Wildman–Crippen MR) is 75.2 cm³/mol. The second-order valence-corrected chi connectivity index (χ2v) is 5.48. The van der Waals surface area contributed by atoms with Crippen molar-refractivity contribution >= 4 is 46.3 Å². The summed E-state index contributed by atoms with van der Waals surface area (Å²) in [5.41, 5.74) is 0.691. The van der Waals surface area contributed by atoms with Crippen LogP contribution in [0.4, 0.5) is 4.53 Å². The monoisotopic (exact) mass is 313 g/mol. The molecular formula is C12H8FNO4S2. The Labute approximate surface area is 122 Å². The van der Waals surface area contributed by atoms with Crippen LogP contribution in [0, 0.1) is 0 Å². The summed E-state index contributed by atoms with van der Waals surface area (Å²) in [5, 5.41) is 9.17. The van der Waals surface area contributed by atoms with Gasteiger partial charge in [0, 0.05) is 4.53 Å². The normalized spacial score (nSPS) is 16.9. The highest BCUT2D eigenvalue weighted by atomic mass is 32.2. The lowest BCUT2D eigenvalue weighted by Crippen LogP contribution is -2.33. The molecule has 0 spiro atoms. The summed E-state index contributed by atoms with van der Waals surface area (Å²) < 4.78 is 11.9. The van der Waals surface area contributed by atoms with Gasteiger partial charge in [0.1, 0.15) is 16.6 Å². The Kier molecular flexibility index (Phi) is 4.35. The van der Waals surface area contributed by atoms with E-state index < -0.39 is 18.4 Å². The molecule has 0 aromatic heterocycles. The first-order chi connectivity index (χ1) is 9.51. The van der Waals surface area contributed by atoms with Crippen molar-refractivity contribution in [3.63, 3.8) is 0 Å². The number of rotatable bonds is 3. The Morgan fingerprint density at radius 2 is 2.10 bits per heavy atom. The molecule has 0 atom stereocenters. The summed E-state index contributed by atoms with van der Waals surface area (Å²) in [7, 11) is 0. The molecule has 1 fully saturated rings. The lowest BCUT2D eigenvalue weighted by molar-refractivity contribution is -0.184. The molecule has 1 N–H and O–H groups in total. The highest BCUT2D eigenvalue weighted by Gasteiger charge is 2.33. The number of phenolic OH excluding ortho intramolecular Hbond substituents is 1. The maximum atomic E-state index is 12.0. The molecule has 0 aliphatic carbocycles. The van der Waals surface area contributed by atoms with Crippen LogP contribution in [0.15, 0.2) is 29.2 Å². The molecule has 0 saturated carbocycles. The number of thioether (sulfide) groups is 1. The average molecular weight is 313 g/mol. The third kappa shape index (κ3) is 3.14. The number of thiocarbonyl (C=S) groups is 1. The van der Waals surface area contributed by atoms with E-state index in [1.807, 2.05) is 0 Å². The van der Waals surface area contributed by atoms with Crippen molar-refractivity contribution in [1.82, 2.24) is 4.90 Å². The smallest absolute Gasteiger partial charge is 0.368 e. The van der Waals surface area contributed by atoms with Crippen LogP contribution >= 0.6 is 24.0 Å². The van der Waals surface area contributed by atoms with Gasteiger partial charge in [-0.1, -0.05) is 36.1 Å². The van der Waals surface area contributed by atoms with Crippen molar-refractivity contribution in [2.24, 2.45) is 0 Å². The zero-order valence-electron chi connectivity index (χ0n) is 9.91. The van der Waals surface area contributed by atoms with Gasteiger partial charge in [-0.2, -0.15) is 0 Å². The summed E-state index contributed by atoms with van der Waals surface area (Å²) in [6.07, 6.45) is 1.57. The Balaban J connectivity index is 2.19. The molecule has 0 bridgehead atoms. The van der Waals surface area contributed by atoms with Gasteiger partial charge in [-0.25, -0.2) is 4.79 Å². The second-order valence-electron chi connectivity index (χ2n) is 3.81. The summed E-state index contributed by atoms with van der Waals surface area (Å²) >= 11 is 5.96. The molecular weight excluding hydrogens is 305 g/mol. The minimum Gasteiger partial charge on any atom is -0.508 e. The molecule has 8 heteroatoms. The third-order valence-corrected chi connectivity index (χ3v) is 3.82. The minimum absolute atomic E-state index is 0.111. The van der Waals surface area contributed by atoms with Crippen LogP contribution in [0.5, 0.6) is 5.75 Å². The van der Waals surface area contributed by atoms with E-state index >= 15 is 0 Å². The molecule has 1 amide bonds. The van der Waals surface area contributed by atoms with Gasteiger partial charge in [0.2, 0.25) is 0 Å². The van der Waals surface area contributed by atoms with E-state index in [4.69, 9.17) is 12.2 Å². The van der Waals surface area contributed by atoms with Gasteiger partial charge in [0.05, 0.1) is 4.91 Å². The van der Waals surface area contributed by atoms with Crippen molar-refractivity contribution in [1.29, 1.82) is 0 Å². The number of hydrogen-bond acceptors (Lipinski definition) is 6. The van der Waals surface area contributed by atoms with Crippen LogP contribution in [0.1, 0.15) is 5.56 Å². The summed E-state index contributed by atoms with van der Waals surface area (Å²) in [6, 6.07) is 6.20. The van der Waals surface area contributed by atoms with E-state index in [2.05, 4.69) is 4.94 Å². The van der Waals surface area contributed by atoms with Crippen LogP contribution in [-0.2, 0) is 14.5 Å². The van der Waals surface area contributed by atoms with Gasteiger partial charge in [-0.05, 0) is 23.8 Å². The maximum Gasteiger partial charge on any atom is 0.368 e.